The van der Waals surface area contributed by atoms with Crippen molar-refractivity contribution in [2.75, 3.05) is 20.2 Å². The minimum Gasteiger partial charge on any atom is -0.478 e. The van der Waals surface area contributed by atoms with E-state index >= 15 is 0 Å². The van der Waals surface area contributed by atoms with Gasteiger partial charge in [-0.05, 0) is 43.2 Å². The molecule has 3 rings (SSSR count). The summed E-state index contributed by atoms with van der Waals surface area (Å²) in [5.74, 6) is 1.09. The molecule has 2 aromatic heterocycles. The highest BCUT2D eigenvalue weighted by Crippen LogP contribution is 2.19. The van der Waals surface area contributed by atoms with Crippen molar-refractivity contribution in [3.8, 4) is 5.88 Å². The molecule has 0 fully saturated rings. The highest BCUT2D eigenvalue weighted by atomic mass is 19.1. The van der Waals surface area contributed by atoms with Gasteiger partial charge in [0.15, 0.2) is 5.96 Å². The van der Waals surface area contributed by atoms with Crippen molar-refractivity contribution in [1.82, 2.24) is 20.6 Å². The molecule has 1 aromatic carbocycles. The van der Waals surface area contributed by atoms with Crippen molar-refractivity contribution in [2.24, 2.45) is 4.99 Å². The number of hydrogen-bond donors (Lipinski definition) is 3. The van der Waals surface area contributed by atoms with Gasteiger partial charge in [-0.3, -0.25) is 4.99 Å². The molecule has 0 spiro atoms. The first kappa shape index (κ1) is 18.7. The second-order valence-corrected chi connectivity index (χ2v) is 6.01. The van der Waals surface area contributed by atoms with Gasteiger partial charge in [-0.1, -0.05) is 6.07 Å². The molecule has 3 aromatic rings. The Morgan fingerprint density at radius 1 is 1.26 bits per heavy atom. The minimum atomic E-state index is -0.227. The van der Waals surface area contributed by atoms with Crippen LogP contribution >= 0.6 is 0 Å². The number of nitrogens with one attached hydrogen (secondary N) is 3. The number of halogens is 1. The lowest BCUT2D eigenvalue weighted by atomic mass is 10.1. The number of ether oxygens (including phenoxy) is 1. The van der Waals surface area contributed by atoms with Crippen LogP contribution in [0.2, 0.25) is 0 Å². The smallest absolute Gasteiger partial charge is 0.218 e. The Bertz CT molecular complexity index is 922. The van der Waals surface area contributed by atoms with Crippen LogP contribution in [0.25, 0.3) is 10.9 Å². The number of aromatic amines is 1. The van der Waals surface area contributed by atoms with Crippen LogP contribution < -0.4 is 15.4 Å². The maximum Gasteiger partial charge on any atom is 0.218 e. The zero-order valence-corrected chi connectivity index (χ0v) is 15.6. The molecule has 0 bridgehead atoms. The molecule has 0 aliphatic carbocycles. The largest absolute Gasteiger partial charge is 0.478 e. The fourth-order valence-electron chi connectivity index (χ4n) is 2.90. The summed E-state index contributed by atoms with van der Waals surface area (Å²) >= 11 is 0. The van der Waals surface area contributed by atoms with Gasteiger partial charge >= 0.3 is 0 Å². The van der Waals surface area contributed by atoms with Crippen LogP contribution in [0.15, 0.2) is 47.7 Å². The predicted octanol–water partition coefficient (Wildman–Crippen LogP) is 3.01. The van der Waals surface area contributed by atoms with Gasteiger partial charge in [0.05, 0.1) is 6.61 Å². The van der Waals surface area contributed by atoms with Crippen molar-refractivity contribution in [1.29, 1.82) is 0 Å². The number of fused-ring (bicyclic) bond motifs is 1. The summed E-state index contributed by atoms with van der Waals surface area (Å²) in [7, 11) is 1.73. The number of benzene rings is 1. The molecule has 7 heteroatoms. The van der Waals surface area contributed by atoms with Crippen molar-refractivity contribution < 1.29 is 9.13 Å². The van der Waals surface area contributed by atoms with Gasteiger partial charge in [-0.15, -0.1) is 0 Å². The van der Waals surface area contributed by atoms with Crippen molar-refractivity contribution in [2.45, 2.75) is 19.9 Å². The molecule has 3 N–H and O–H groups in total. The lowest BCUT2D eigenvalue weighted by molar-refractivity contribution is 0.322. The second kappa shape index (κ2) is 9.02. The van der Waals surface area contributed by atoms with Gasteiger partial charge in [0, 0.05) is 49.0 Å². The van der Waals surface area contributed by atoms with Gasteiger partial charge in [0.1, 0.15) is 5.82 Å². The van der Waals surface area contributed by atoms with Crippen LogP contribution in [0, 0.1) is 5.82 Å². The number of H-pyrrole nitrogens is 1. The predicted molar refractivity (Wildman–Crippen MR) is 106 cm³/mol. The number of pyridine rings is 1. The average molecular weight is 369 g/mol. The molecule has 0 amide bonds. The van der Waals surface area contributed by atoms with E-state index in [0.29, 0.717) is 31.5 Å². The standard InChI is InChI=1S/C20H24FN5O/c1-3-27-19-15(5-4-9-23-19)13-26-20(22-2)24-10-8-14-12-25-18-7-6-16(21)11-17(14)18/h4-7,9,11-12,25H,3,8,10,13H2,1-2H3,(H2,22,24,26). The van der Waals surface area contributed by atoms with E-state index in [4.69, 9.17) is 4.74 Å². The summed E-state index contributed by atoms with van der Waals surface area (Å²) in [6, 6.07) is 8.63. The number of aromatic nitrogens is 2. The van der Waals surface area contributed by atoms with Crippen LogP contribution in [-0.2, 0) is 13.0 Å². The van der Waals surface area contributed by atoms with E-state index in [-0.39, 0.29) is 5.82 Å². The van der Waals surface area contributed by atoms with Gasteiger partial charge < -0.3 is 20.4 Å². The third kappa shape index (κ3) is 4.75. The monoisotopic (exact) mass is 369 g/mol. The number of aliphatic imine (C=N–C) groups is 1. The molecule has 0 saturated heterocycles. The molecule has 0 atom stereocenters. The Balaban J connectivity index is 1.54. The molecule has 0 unspecified atom stereocenters. The molecule has 0 aliphatic heterocycles. The summed E-state index contributed by atoms with van der Waals surface area (Å²) in [6.07, 6.45) is 4.39. The normalized spacial score (nSPS) is 11.6. The van der Waals surface area contributed by atoms with E-state index in [0.717, 1.165) is 28.5 Å². The van der Waals surface area contributed by atoms with Crippen LogP contribution in [0.5, 0.6) is 5.88 Å². The van der Waals surface area contributed by atoms with E-state index in [9.17, 15) is 4.39 Å². The molecule has 0 radical (unpaired) electrons. The van der Waals surface area contributed by atoms with Crippen molar-refractivity contribution in [3.05, 3.63) is 59.7 Å². The third-order valence-corrected chi connectivity index (χ3v) is 4.22. The lowest BCUT2D eigenvalue weighted by Crippen LogP contribution is -2.37. The zero-order valence-electron chi connectivity index (χ0n) is 15.6. The van der Waals surface area contributed by atoms with Gasteiger partial charge in [-0.25, -0.2) is 9.37 Å². The number of nitrogens with zero attached hydrogens (tertiary/aromatic N) is 2. The molecular formula is C20H24FN5O. The minimum absolute atomic E-state index is 0.227. The van der Waals surface area contributed by atoms with E-state index < -0.39 is 0 Å². The van der Waals surface area contributed by atoms with Gasteiger partial charge in [-0.2, -0.15) is 0 Å². The topological polar surface area (TPSA) is 74.3 Å². The number of rotatable bonds is 7. The fraction of sp³-hybridized carbons (Fsp3) is 0.300. The Hall–Kier alpha value is -3.09. The number of guanidine groups is 1. The number of hydrogen-bond acceptors (Lipinski definition) is 3. The Labute approximate surface area is 157 Å². The van der Waals surface area contributed by atoms with Crippen molar-refractivity contribution in [3.63, 3.8) is 0 Å². The first-order chi connectivity index (χ1) is 13.2. The average Bonchev–Trinajstić information content (AvgIpc) is 3.08. The first-order valence-electron chi connectivity index (χ1n) is 8.98. The summed E-state index contributed by atoms with van der Waals surface area (Å²) in [6.45, 7) is 3.74. The highest BCUT2D eigenvalue weighted by molar-refractivity contribution is 5.83. The van der Waals surface area contributed by atoms with Crippen LogP contribution in [-0.4, -0.2) is 36.1 Å². The maximum atomic E-state index is 13.5. The van der Waals surface area contributed by atoms with E-state index in [1.165, 1.54) is 6.07 Å². The second-order valence-electron chi connectivity index (χ2n) is 6.01. The van der Waals surface area contributed by atoms with Crippen LogP contribution in [0.1, 0.15) is 18.1 Å². The van der Waals surface area contributed by atoms with Gasteiger partial charge in [0.25, 0.3) is 0 Å². The molecule has 0 saturated carbocycles. The summed E-state index contributed by atoms with van der Waals surface area (Å²) in [4.78, 5) is 11.7. The van der Waals surface area contributed by atoms with Crippen LogP contribution in [0.4, 0.5) is 4.39 Å². The maximum absolute atomic E-state index is 13.5. The summed E-state index contributed by atoms with van der Waals surface area (Å²) in [5.41, 5.74) is 2.97. The first-order valence-corrected chi connectivity index (χ1v) is 8.98. The zero-order chi connectivity index (χ0) is 19.1. The van der Waals surface area contributed by atoms with Crippen molar-refractivity contribution >= 4 is 16.9 Å². The molecule has 27 heavy (non-hydrogen) atoms. The quantitative estimate of drug-likeness (QED) is 0.442. The third-order valence-electron chi connectivity index (χ3n) is 4.22. The van der Waals surface area contributed by atoms with Gasteiger partial charge in [0.2, 0.25) is 5.88 Å². The SMILES string of the molecule is CCOc1ncccc1CNC(=NC)NCCc1c[nH]c2ccc(F)cc12. The fourth-order valence-corrected chi connectivity index (χ4v) is 2.90. The summed E-state index contributed by atoms with van der Waals surface area (Å²) < 4.78 is 19.0. The Morgan fingerprint density at radius 2 is 2.15 bits per heavy atom. The molecule has 6 nitrogen and oxygen atoms in total. The highest BCUT2D eigenvalue weighted by Gasteiger charge is 2.07. The van der Waals surface area contributed by atoms with E-state index in [1.807, 2.05) is 25.3 Å². The molecule has 0 aliphatic rings. The van der Waals surface area contributed by atoms with E-state index in [1.54, 1.807) is 25.4 Å². The Kier molecular flexibility index (Phi) is 6.25. The lowest BCUT2D eigenvalue weighted by Gasteiger charge is -2.13. The molecule has 2 heterocycles. The molecular weight excluding hydrogens is 345 g/mol. The Morgan fingerprint density at radius 3 is 2.96 bits per heavy atom. The van der Waals surface area contributed by atoms with Crippen LogP contribution in [0.3, 0.4) is 0 Å². The summed E-state index contributed by atoms with van der Waals surface area (Å²) in [5, 5.41) is 7.45. The van der Waals surface area contributed by atoms with E-state index in [2.05, 4.69) is 25.6 Å². The molecule has 142 valence electrons.